The number of aryl methyl sites for hydroxylation is 1. The molecule has 0 atom stereocenters. The summed E-state index contributed by atoms with van der Waals surface area (Å²) in [6.07, 6.45) is 0.862. The summed E-state index contributed by atoms with van der Waals surface area (Å²) in [7, 11) is 0. The van der Waals surface area contributed by atoms with Gasteiger partial charge in [-0.25, -0.2) is 4.99 Å². The second kappa shape index (κ2) is 10.3. The molecule has 8 heteroatoms. The van der Waals surface area contributed by atoms with Crippen LogP contribution in [0.15, 0.2) is 26.2 Å². The van der Waals surface area contributed by atoms with Gasteiger partial charge < -0.3 is 19.7 Å². The van der Waals surface area contributed by atoms with Gasteiger partial charge in [0.2, 0.25) is 0 Å². The van der Waals surface area contributed by atoms with Crippen LogP contribution in [-0.2, 0) is 19.5 Å². The van der Waals surface area contributed by atoms with E-state index in [4.69, 9.17) is 9.05 Å². The summed E-state index contributed by atoms with van der Waals surface area (Å²) in [5, 5.41) is 14.4. The van der Waals surface area contributed by atoms with Gasteiger partial charge in [0.25, 0.3) is 0 Å². The molecule has 0 bridgehead atoms. The van der Waals surface area contributed by atoms with Crippen LogP contribution in [0.25, 0.3) is 0 Å². The molecule has 0 aliphatic carbocycles. The fraction of sp³-hybridized carbons (Fsp3) is 0.562. The molecule has 2 N–H and O–H groups in total. The van der Waals surface area contributed by atoms with Crippen molar-refractivity contribution in [2.75, 3.05) is 6.54 Å². The highest BCUT2D eigenvalue weighted by molar-refractivity contribution is 14.0. The van der Waals surface area contributed by atoms with E-state index in [-0.39, 0.29) is 24.0 Å². The van der Waals surface area contributed by atoms with Crippen molar-refractivity contribution in [1.29, 1.82) is 0 Å². The van der Waals surface area contributed by atoms with Crippen LogP contribution >= 0.6 is 24.0 Å². The lowest BCUT2D eigenvalue weighted by atomic mass is 10.1. The minimum absolute atomic E-state index is 0. The largest absolute Gasteiger partial charge is 0.359 e. The van der Waals surface area contributed by atoms with E-state index in [0.717, 1.165) is 35.9 Å². The number of hydrogen-bond acceptors (Lipinski definition) is 5. The van der Waals surface area contributed by atoms with Crippen LogP contribution in [0.3, 0.4) is 0 Å². The van der Waals surface area contributed by atoms with E-state index >= 15 is 0 Å². The smallest absolute Gasteiger partial charge is 0.192 e. The highest BCUT2D eigenvalue weighted by atomic mass is 127. The SMILES string of the molecule is CCNC(=NCc1cc(C(C)C)no1)NCc1cc(CC)no1.I. The molecule has 7 nitrogen and oxygen atoms in total. The van der Waals surface area contributed by atoms with E-state index in [9.17, 15) is 0 Å². The van der Waals surface area contributed by atoms with E-state index in [1.54, 1.807) is 0 Å². The third-order valence-electron chi connectivity index (χ3n) is 3.31. The number of rotatable bonds is 7. The lowest BCUT2D eigenvalue weighted by molar-refractivity contribution is 0.373. The quantitative estimate of drug-likeness (QED) is 0.385. The summed E-state index contributed by atoms with van der Waals surface area (Å²) >= 11 is 0. The molecule has 0 saturated heterocycles. The third kappa shape index (κ3) is 6.14. The molecule has 134 valence electrons. The average molecular weight is 447 g/mol. The minimum Gasteiger partial charge on any atom is -0.359 e. The second-order valence-corrected chi connectivity index (χ2v) is 5.56. The van der Waals surface area contributed by atoms with Gasteiger partial charge >= 0.3 is 0 Å². The molecule has 0 radical (unpaired) electrons. The Morgan fingerprint density at radius 1 is 1.12 bits per heavy atom. The molecule has 0 spiro atoms. The Kier molecular flexibility index (Phi) is 8.80. The topological polar surface area (TPSA) is 88.5 Å². The summed E-state index contributed by atoms with van der Waals surface area (Å²) in [5.41, 5.74) is 1.90. The normalized spacial score (nSPS) is 11.5. The van der Waals surface area contributed by atoms with Gasteiger partial charge in [-0.3, -0.25) is 0 Å². The van der Waals surface area contributed by atoms with E-state index in [1.165, 1.54) is 0 Å². The van der Waals surface area contributed by atoms with Gasteiger partial charge in [0.15, 0.2) is 17.5 Å². The Morgan fingerprint density at radius 3 is 2.46 bits per heavy atom. The van der Waals surface area contributed by atoms with Crippen molar-refractivity contribution in [3.63, 3.8) is 0 Å². The summed E-state index contributed by atoms with van der Waals surface area (Å²) < 4.78 is 10.5. The Morgan fingerprint density at radius 2 is 1.88 bits per heavy atom. The number of aliphatic imine (C=N–C) groups is 1. The van der Waals surface area contributed by atoms with Crippen LogP contribution in [0.2, 0.25) is 0 Å². The van der Waals surface area contributed by atoms with Crippen LogP contribution in [0.5, 0.6) is 0 Å². The summed E-state index contributed by atoms with van der Waals surface area (Å²) in [5.74, 6) is 2.58. The molecule has 2 heterocycles. The third-order valence-corrected chi connectivity index (χ3v) is 3.31. The molecule has 2 aromatic rings. The first-order chi connectivity index (χ1) is 11.1. The summed E-state index contributed by atoms with van der Waals surface area (Å²) in [6, 6.07) is 3.89. The Hall–Kier alpha value is -1.58. The maximum absolute atomic E-state index is 5.29. The molecule has 0 aliphatic heterocycles. The fourth-order valence-electron chi connectivity index (χ4n) is 1.95. The molecule has 0 aromatic carbocycles. The van der Waals surface area contributed by atoms with Crippen molar-refractivity contribution >= 4 is 29.9 Å². The van der Waals surface area contributed by atoms with Crippen LogP contribution in [-0.4, -0.2) is 22.8 Å². The van der Waals surface area contributed by atoms with E-state index < -0.39 is 0 Å². The van der Waals surface area contributed by atoms with Gasteiger partial charge in [0.05, 0.1) is 17.9 Å². The molecule has 2 rings (SSSR count). The van der Waals surface area contributed by atoms with E-state index in [2.05, 4.69) is 39.8 Å². The zero-order valence-corrected chi connectivity index (χ0v) is 17.0. The molecule has 0 unspecified atom stereocenters. The van der Waals surface area contributed by atoms with Gasteiger partial charge in [-0.05, 0) is 19.3 Å². The second-order valence-electron chi connectivity index (χ2n) is 5.56. The lowest BCUT2D eigenvalue weighted by Gasteiger charge is -2.09. The Labute approximate surface area is 159 Å². The maximum Gasteiger partial charge on any atom is 0.192 e. The predicted molar refractivity (Wildman–Crippen MR) is 104 cm³/mol. The summed E-state index contributed by atoms with van der Waals surface area (Å²) in [6.45, 7) is 9.97. The predicted octanol–water partition coefficient (Wildman–Crippen LogP) is 3.22. The number of hydrogen-bond donors (Lipinski definition) is 2. The zero-order valence-electron chi connectivity index (χ0n) is 14.6. The Balaban J connectivity index is 0.00000288. The van der Waals surface area contributed by atoms with Crippen molar-refractivity contribution in [3.05, 3.63) is 35.0 Å². The van der Waals surface area contributed by atoms with E-state index in [1.807, 2.05) is 26.0 Å². The van der Waals surface area contributed by atoms with Gasteiger partial charge in [-0.2, -0.15) is 0 Å². The van der Waals surface area contributed by atoms with Gasteiger partial charge in [-0.15, -0.1) is 24.0 Å². The number of nitrogens with zero attached hydrogens (tertiary/aromatic N) is 3. The molecular formula is C16H26IN5O2. The van der Waals surface area contributed by atoms with E-state index in [0.29, 0.717) is 25.0 Å². The van der Waals surface area contributed by atoms with Crippen LogP contribution in [0.4, 0.5) is 0 Å². The zero-order chi connectivity index (χ0) is 16.7. The molecule has 0 aliphatic rings. The molecular weight excluding hydrogens is 421 g/mol. The molecule has 24 heavy (non-hydrogen) atoms. The monoisotopic (exact) mass is 447 g/mol. The van der Waals surface area contributed by atoms with Crippen molar-refractivity contribution in [2.24, 2.45) is 4.99 Å². The lowest BCUT2D eigenvalue weighted by Crippen LogP contribution is -2.36. The van der Waals surface area contributed by atoms with Crippen LogP contribution in [0, 0.1) is 0 Å². The average Bonchev–Trinajstić information content (AvgIpc) is 3.19. The molecule has 0 fully saturated rings. The van der Waals surface area contributed by atoms with Gasteiger partial charge in [-0.1, -0.05) is 31.1 Å². The first-order valence-corrected chi connectivity index (χ1v) is 8.04. The number of aromatic nitrogens is 2. The van der Waals surface area contributed by atoms with Gasteiger partial charge in [0.1, 0.15) is 6.54 Å². The number of halogens is 1. The summed E-state index contributed by atoms with van der Waals surface area (Å²) in [4.78, 5) is 4.50. The first kappa shape index (κ1) is 20.5. The maximum atomic E-state index is 5.29. The molecule has 0 amide bonds. The van der Waals surface area contributed by atoms with Crippen molar-refractivity contribution in [2.45, 2.75) is 53.1 Å². The van der Waals surface area contributed by atoms with Crippen LogP contribution in [0.1, 0.15) is 56.5 Å². The minimum atomic E-state index is 0. The van der Waals surface area contributed by atoms with Gasteiger partial charge in [0, 0.05) is 18.7 Å². The Bertz CT molecular complexity index is 636. The first-order valence-electron chi connectivity index (χ1n) is 8.04. The number of nitrogens with one attached hydrogen (secondary N) is 2. The standard InChI is InChI=1S/C16H25N5O2.HI/c1-5-12-7-13(22-20-12)9-18-16(17-6-2)19-10-14-8-15(11(3)4)21-23-14;/h7-8,11H,5-6,9-10H2,1-4H3,(H2,17,18,19);1H. The van der Waals surface area contributed by atoms with Crippen molar-refractivity contribution in [1.82, 2.24) is 20.9 Å². The highest BCUT2D eigenvalue weighted by Crippen LogP contribution is 2.14. The van der Waals surface area contributed by atoms with Crippen molar-refractivity contribution in [3.8, 4) is 0 Å². The molecule has 2 aromatic heterocycles. The van der Waals surface area contributed by atoms with Crippen LogP contribution < -0.4 is 10.6 Å². The number of guanidine groups is 1. The van der Waals surface area contributed by atoms with Crippen molar-refractivity contribution < 1.29 is 9.05 Å². The fourth-order valence-corrected chi connectivity index (χ4v) is 1.95. The highest BCUT2D eigenvalue weighted by Gasteiger charge is 2.08. The molecule has 0 saturated carbocycles.